The highest BCUT2D eigenvalue weighted by molar-refractivity contribution is 5.88. The summed E-state index contributed by atoms with van der Waals surface area (Å²) in [5.41, 5.74) is 0.0577. The highest BCUT2D eigenvalue weighted by Gasteiger charge is 2.62. The maximum absolute atomic E-state index is 13.1. The van der Waals surface area contributed by atoms with Gasteiger partial charge in [-0.3, -0.25) is 4.79 Å². The van der Waals surface area contributed by atoms with E-state index in [0.29, 0.717) is 5.92 Å². The van der Waals surface area contributed by atoms with Crippen LogP contribution < -0.4 is 5.32 Å². The summed E-state index contributed by atoms with van der Waals surface area (Å²) in [6.45, 7) is 8.41. The second-order valence-corrected chi connectivity index (χ2v) is 9.10. The first kappa shape index (κ1) is 17.5. The van der Waals surface area contributed by atoms with Crippen molar-refractivity contribution in [2.24, 2.45) is 22.2 Å². The number of ether oxygens (including phenoxy) is 1. The zero-order valence-corrected chi connectivity index (χ0v) is 14.8. The molecule has 0 spiro atoms. The fraction of sp³-hybridized carbons (Fsp3) is 0.789. The molecule has 4 aliphatic rings. The van der Waals surface area contributed by atoms with E-state index in [9.17, 15) is 14.7 Å². The van der Waals surface area contributed by atoms with E-state index in [2.05, 4.69) is 25.7 Å². The molecular formula is C19H29NO4. The van der Waals surface area contributed by atoms with E-state index in [0.717, 1.165) is 19.3 Å². The van der Waals surface area contributed by atoms with E-state index in [-0.39, 0.29) is 30.0 Å². The highest BCUT2D eigenvalue weighted by Crippen LogP contribution is 2.69. The Balaban J connectivity index is 1.74. The van der Waals surface area contributed by atoms with E-state index in [1.54, 1.807) is 6.08 Å². The second-order valence-electron chi connectivity index (χ2n) is 9.10. The number of hydrogen-bond acceptors (Lipinski definition) is 3. The Morgan fingerprint density at radius 2 is 1.88 bits per heavy atom. The van der Waals surface area contributed by atoms with Crippen molar-refractivity contribution < 1.29 is 19.4 Å². The molecule has 4 saturated carbocycles. The summed E-state index contributed by atoms with van der Waals surface area (Å²) in [7, 11) is 0. The molecule has 0 aromatic carbocycles. The third-order valence-corrected chi connectivity index (χ3v) is 6.23. The molecule has 4 bridgehead atoms. The molecular weight excluding hydrogens is 306 g/mol. The van der Waals surface area contributed by atoms with Gasteiger partial charge in [0.2, 0.25) is 5.91 Å². The lowest BCUT2D eigenvalue weighted by atomic mass is 9.40. The van der Waals surface area contributed by atoms with Crippen LogP contribution in [0.25, 0.3) is 0 Å². The van der Waals surface area contributed by atoms with Gasteiger partial charge >= 0.3 is 5.97 Å². The minimum atomic E-state index is -1.05. The quantitative estimate of drug-likeness (QED) is 0.554. The van der Waals surface area contributed by atoms with Crippen LogP contribution in [-0.4, -0.2) is 36.2 Å². The molecule has 4 fully saturated rings. The minimum absolute atomic E-state index is 0.0266. The summed E-state index contributed by atoms with van der Waals surface area (Å²) in [5, 5.41) is 12.2. The molecule has 0 aliphatic heterocycles. The van der Waals surface area contributed by atoms with Gasteiger partial charge in [0, 0.05) is 0 Å². The fourth-order valence-electron chi connectivity index (χ4n) is 6.46. The molecule has 0 radical (unpaired) electrons. The standard InChI is InChI=1S/C19H29NO4/c1-4-5-24-9-14(15(21)22)20-16(23)19-8-13-6-17(2,11-19)10-18(3,7-13)12-19/h4,13-14H,1,5-12H2,2-3H3,(H,20,23)(H,21,22). The smallest absolute Gasteiger partial charge is 0.328 e. The van der Waals surface area contributed by atoms with Crippen molar-refractivity contribution in [2.45, 2.75) is 58.4 Å². The van der Waals surface area contributed by atoms with Gasteiger partial charge in [0.25, 0.3) is 0 Å². The van der Waals surface area contributed by atoms with Crippen LogP contribution in [-0.2, 0) is 14.3 Å². The number of carboxylic acid groups (broad SMARTS) is 1. The van der Waals surface area contributed by atoms with Crippen molar-refractivity contribution in [3.8, 4) is 0 Å². The lowest BCUT2D eigenvalue weighted by molar-refractivity contribution is -0.172. The van der Waals surface area contributed by atoms with Gasteiger partial charge in [-0.25, -0.2) is 4.79 Å². The zero-order chi connectivity index (χ0) is 17.6. The number of carbonyl (C=O) groups excluding carboxylic acids is 1. The van der Waals surface area contributed by atoms with Crippen LogP contribution in [0, 0.1) is 22.2 Å². The number of aliphatic carboxylic acids is 1. The van der Waals surface area contributed by atoms with Crippen molar-refractivity contribution in [1.29, 1.82) is 0 Å². The van der Waals surface area contributed by atoms with Crippen LogP contribution in [0.15, 0.2) is 12.7 Å². The SMILES string of the molecule is C=CCOCC(NC(=O)C12CC3CC(C)(CC(C)(C3)C1)C2)C(=O)O. The summed E-state index contributed by atoms with van der Waals surface area (Å²) in [6.07, 6.45) is 7.86. The Kier molecular flexibility index (Phi) is 4.27. The molecule has 5 heteroatoms. The van der Waals surface area contributed by atoms with Crippen LogP contribution >= 0.6 is 0 Å². The van der Waals surface area contributed by atoms with Gasteiger partial charge in [-0.15, -0.1) is 6.58 Å². The van der Waals surface area contributed by atoms with Crippen molar-refractivity contribution in [2.75, 3.05) is 13.2 Å². The van der Waals surface area contributed by atoms with Gasteiger partial charge < -0.3 is 15.2 Å². The van der Waals surface area contributed by atoms with Crippen molar-refractivity contribution in [1.82, 2.24) is 5.32 Å². The first-order chi connectivity index (χ1) is 11.2. The summed E-state index contributed by atoms with van der Waals surface area (Å²) < 4.78 is 5.25. The Morgan fingerprint density at radius 1 is 1.25 bits per heavy atom. The molecule has 4 rings (SSSR count). The number of hydrogen-bond donors (Lipinski definition) is 2. The van der Waals surface area contributed by atoms with Gasteiger partial charge in [0.15, 0.2) is 6.04 Å². The van der Waals surface area contributed by atoms with Crippen LogP contribution in [0.1, 0.15) is 52.4 Å². The summed E-state index contributed by atoms with van der Waals surface area (Å²) in [4.78, 5) is 24.5. The van der Waals surface area contributed by atoms with E-state index in [4.69, 9.17) is 4.74 Å². The van der Waals surface area contributed by atoms with E-state index in [1.807, 2.05) is 0 Å². The lowest BCUT2D eigenvalue weighted by Gasteiger charge is -2.64. The van der Waals surface area contributed by atoms with Gasteiger partial charge in [0.1, 0.15) is 0 Å². The molecule has 0 aromatic heterocycles. The predicted octanol–water partition coefficient (Wildman–Crippen LogP) is 2.75. The van der Waals surface area contributed by atoms with Crippen molar-refractivity contribution >= 4 is 11.9 Å². The maximum Gasteiger partial charge on any atom is 0.328 e. The molecule has 2 N–H and O–H groups in total. The topological polar surface area (TPSA) is 75.6 Å². The van der Waals surface area contributed by atoms with Crippen molar-refractivity contribution in [3.63, 3.8) is 0 Å². The number of nitrogens with one attached hydrogen (secondary N) is 1. The van der Waals surface area contributed by atoms with Gasteiger partial charge in [-0.05, 0) is 55.3 Å². The molecule has 24 heavy (non-hydrogen) atoms. The summed E-state index contributed by atoms with van der Waals surface area (Å²) in [6, 6.07) is -0.994. The molecule has 134 valence electrons. The number of carboxylic acids is 1. The normalized spacial score (nSPS) is 41.0. The average molecular weight is 335 g/mol. The second kappa shape index (κ2) is 5.87. The largest absolute Gasteiger partial charge is 0.480 e. The zero-order valence-electron chi connectivity index (χ0n) is 14.8. The number of amides is 1. The average Bonchev–Trinajstić information content (AvgIpc) is 2.42. The maximum atomic E-state index is 13.1. The van der Waals surface area contributed by atoms with E-state index < -0.39 is 17.4 Å². The summed E-state index contributed by atoms with van der Waals surface area (Å²) in [5.74, 6) is -0.532. The third-order valence-electron chi connectivity index (χ3n) is 6.23. The highest BCUT2D eigenvalue weighted by atomic mass is 16.5. The molecule has 4 aliphatic carbocycles. The van der Waals surface area contributed by atoms with Crippen molar-refractivity contribution in [3.05, 3.63) is 12.7 Å². The fourth-order valence-corrected chi connectivity index (χ4v) is 6.46. The summed E-state index contributed by atoms with van der Waals surface area (Å²) >= 11 is 0. The Labute approximate surface area is 143 Å². The lowest BCUT2D eigenvalue weighted by Crippen LogP contribution is -2.61. The van der Waals surface area contributed by atoms with Crippen LogP contribution in [0.4, 0.5) is 0 Å². The first-order valence-corrected chi connectivity index (χ1v) is 8.92. The number of carbonyl (C=O) groups is 2. The third kappa shape index (κ3) is 3.10. The molecule has 3 unspecified atom stereocenters. The monoisotopic (exact) mass is 335 g/mol. The molecule has 1 amide bonds. The van der Waals surface area contributed by atoms with Gasteiger partial charge in [0.05, 0.1) is 18.6 Å². The van der Waals surface area contributed by atoms with Crippen LogP contribution in [0.2, 0.25) is 0 Å². The van der Waals surface area contributed by atoms with Crippen LogP contribution in [0.5, 0.6) is 0 Å². The molecule has 0 aromatic rings. The molecule has 0 heterocycles. The van der Waals surface area contributed by atoms with Crippen LogP contribution in [0.3, 0.4) is 0 Å². The molecule has 0 saturated heterocycles. The Morgan fingerprint density at radius 3 is 2.38 bits per heavy atom. The van der Waals surface area contributed by atoms with E-state index in [1.165, 1.54) is 19.3 Å². The first-order valence-electron chi connectivity index (χ1n) is 8.92. The predicted molar refractivity (Wildman–Crippen MR) is 90.4 cm³/mol. The molecule has 5 nitrogen and oxygen atoms in total. The Bertz CT molecular complexity index is 540. The van der Waals surface area contributed by atoms with Gasteiger partial charge in [-0.1, -0.05) is 19.9 Å². The number of rotatable bonds is 7. The minimum Gasteiger partial charge on any atom is -0.480 e. The van der Waals surface area contributed by atoms with E-state index >= 15 is 0 Å². The van der Waals surface area contributed by atoms with Gasteiger partial charge in [-0.2, -0.15) is 0 Å². The molecule has 3 atom stereocenters. The Hall–Kier alpha value is -1.36.